The molecular weight excluding hydrogens is 1410 g/mol. The number of aryl methyl sites for hydroxylation is 2. The van der Waals surface area contributed by atoms with Crippen LogP contribution in [0, 0.1) is 11.8 Å². The normalized spacial score (nSPS) is 29.9. The number of esters is 3. The second-order valence-corrected chi connectivity index (χ2v) is 30.3. The molecule has 4 saturated heterocycles. The monoisotopic (exact) mass is 1530 g/mol. The molecule has 592 valence electrons. The highest BCUT2D eigenvalue weighted by Gasteiger charge is 2.53. The van der Waals surface area contributed by atoms with Crippen LogP contribution in [0.4, 0.5) is 0 Å². The van der Waals surface area contributed by atoms with E-state index in [1.165, 1.54) is 20.1 Å². The summed E-state index contributed by atoms with van der Waals surface area (Å²) < 4.78 is 65.6. The smallest absolute Gasteiger partial charge is 0.342 e. The number of rotatable bonds is 29. The van der Waals surface area contributed by atoms with E-state index in [1.54, 1.807) is 69.1 Å². The molecule has 106 heavy (non-hydrogen) atoms. The summed E-state index contributed by atoms with van der Waals surface area (Å²) >= 11 is 14.5. The quantitative estimate of drug-likeness (QED) is 0.0161. The second kappa shape index (κ2) is 40.8. The number of nitrogens with zero attached hydrogens (tertiary/aromatic N) is 8. The first-order valence-electron chi connectivity index (χ1n) is 37.6. The van der Waals surface area contributed by atoms with Gasteiger partial charge < -0.3 is 94.2 Å². The standard InChI is InChI=1S/C76H116Cl2N10O18/c1-13-50-40-46(6)57(90)20-16-15-19-51(72(95)102-58(48(8)89)22-21-45(5)39-47(7)65(50)104-74-63(92)62(91)70(76(10,11)106-74)105-71(94)44(3)4)43-100-75-69(97-12)64(93)66(49(9)101-75)103-73(96)59-56(14-2)60(77)68(99-38-18-30-88-42-55(82-84-88)28-36-86-33-25-53(80)26-34-86)61(78)67(59)98-37-17-29-87-41-54(81-83-87)27-35-85-31-23-52(79)24-32-85/h15-16,19,21,39-42,44,48-50,52-53,57-58,62-66,69-70,74-75,89-93H,13-14,17-18,20,22-38,43,79-80H2,1-12H3/b16-15+,45-21+,46-40+,47-39+,51-19+/t48-,49?,50+,57+,58+,62?,63?,64?,65-,66?,69?,70?,74?,75?/m1/s1. The van der Waals surface area contributed by atoms with E-state index in [4.69, 9.17) is 82.0 Å². The summed E-state index contributed by atoms with van der Waals surface area (Å²) in [5, 5.41) is 75.3. The van der Waals surface area contributed by atoms with Crippen LogP contribution in [0.3, 0.4) is 0 Å². The number of halogens is 2. The molecule has 0 amide bonds. The Morgan fingerprint density at radius 2 is 1.37 bits per heavy atom. The van der Waals surface area contributed by atoms with Gasteiger partial charge in [-0.1, -0.05) is 97.3 Å². The summed E-state index contributed by atoms with van der Waals surface area (Å²) in [5.74, 6) is -3.18. The number of nitrogens with two attached hydrogens (primary N) is 2. The molecular formula is C76H116Cl2N10O18. The van der Waals surface area contributed by atoms with Gasteiger partial charge in [0.25, 0.3) is 0 Å². The Kier molecular flexibility index (Phi) is 33.0. The van der Waals surface area contributed by atoms with Crippen molar-refractivity contribution in [2.24, 2.45) is 23.3 Å². The summed E-state index contributed by atoms with van der Waals surface area (Å²) in [6, 6.07) is 0.496. The topological polar surface area (TPSA) is 365 Å². The van der Waals surface area contributed by atoms with Crippen LogP contribution >= 0.6 is 23.2 Å². The SMILES string of the molecule is CCc1c(Cl)c(OCCCn2cc(CCN3CCC(N)CC3)nn2)c(Cl)c(OCCCn2cc(CCN3CCC(N)CC3)nn2)c1C(=O)OC1C(C)OC(OC/C2=C\C=C\C[C@H](O)/C(C)=C/[C@H](CC)[C@H](OC3OC(C)(C)C(OC(=O)C(C)C)C(O)C3O)/C(C)=C/C(C)=C/C[C@@H]([C@@H](C)O)OC2=O)C(OC)C1O. The predicted octanol–water partition coefficient (Wildman–Crippen LogP) is 6.88. The van der Waals surface area contributed by atoms with E-state index in [0.717, 1.165) is 89.2 Å². The Labute approximate surface area is 633 Å². The number of hydrogen-bond donors (Lipinski definition) is 7. The van der Waals surface area contributed by atoms with Crippen LogP contribution in [-0.4, -0.2) is 247 Å². The van der Waals surface area contributed by atoms with E-state index >= 15 is 0 Å². The van der Waals surface area contributed by atoms with Crippen LogP contribution in [0.5, 0.6) is 11.5 Å². The van der Waals surface area contributed by atoms with Gasteiger partial charge in [-0.3, -0.25) is 14.2 Å². The molecule has 1 aromatic carbocycles. The first-order chi connectivity index (χ1) is 50.5. The molecule has 9 unspecified atom stereocenters. The van der Waals surface area contributed by atoms with Gasteiger partial charge in [0.15, 0.2) is 36.3 Å². The number of aromatic nitrogens is 6. The average Bonchev–Trinajstić information content (AvgIpc) is 0.916. The third-order valence-corrected chi connectivity index (χ3v) is 21.1. The molecule has 14 atom stereocenters. The zero-order valence-corrected chi connectivity index (χ0v) is 65.2. The molecule has 0 aliphatic carbocycles. The zero-order chi connectivity index (χ0) is 77.1. The number of hydrogen-bond acceptors (Lipinski definition) is 26. The molecule has 4 fully saturated rings. The summed E-state index contributed by atoms with van der Waals surface area (Å²) in [6.07, 6.45) is 4.80. The van der Waals surface area contributed by atoms with Crippen molar-refractivity contribution in [2.45, 2.75) is 264 Å². The molecule has 0 bridgehead atoms. The molecule has 0 radical (unpaired) electrons. The van der Waals surface area contributed by atoms with Crippen LogP contribution in [0.1, 0.15) is 161 Å². The van der Waals surface area contributed by atoms with Crippen molar-refractivity contribution in [1.29, 1.82) is 0 Å². The van der Waals surface area contributed by atoms with Crippen LogP contribution in [0.2, 0.25) is 10.0 Å². The van der Waals surface area contributed by atoms with E-state index in [-0.39, 0.29) is 77.2 Å². The minimum Gasteiger partial charge on any atom is -0.491 e. The number of piperidine rings is 2. The fraction of sp³-hybridized carbons (Fsp3) is 0.697. The summed E-state index contributed by atoms with van der Waals surface area (Å²) in [7, 11) is 1.32. The van der Waals surface area contributed by atoms with E-state index in [2.05, 4.69) is 30.4 Å². The molecule has 0 saturated carbocycles. The van der Waals surface area contributed by atoms with Gasteiger partial charge in [0.05, 0.1) is 72.1 Å². The number of benzene rings is 1. The highest BCUT2D eigenvalue weighted by Crippen LogP contribution is 2.47. The molecule has 8 rings (SSSR count). The number of methoxy groups -OCH3 is 1. The Morgan fingerprint density at radius 1 is 0.774 bits per heavy atom. The Morgan fingerprint density at radius 3 is 1.92 bits per heavy atom. The molecule has 9 N–H and O–H groups in total. The molecule has 2 aromatic heterocycles. The lowest BCUT2D eigenvalue weighted by Crippen LogP contribution is -2.64. The van der Waals surface area contributed by atoms with Gasteiger partial charge in [-0.15, -0.1) is 10.2 Å². The number of allylic oxidation sites excluding steroid dienone is 4. The molecule has 5 aliphatic rings. The average molecular weight is 1530 g/mol. The third-order valence-electron chi connectivity index (χ3n) is 20.3. The van der Waals surface area contributed by atoms with Gasteiger partial charge in [-0.25, -0.2) is 9.59 Å². The molecule has 7 heterocycles. The second-order valence-electron chi connectivity index (χ2n) is 29.5. The fourth-order valence-corrected chi connectivity index (χ4v) is 14.4. The first-order valence-corrected chi connectivity index (χ1v) is 38.3. The molecule has 30 heteroatoms. The summed E-state index contributed by atoms with van der Waals surface area (Å²) in [4.78, 5) is 46.8. The third kappa shape index (κ3) is 23.6. The minimum absolute atomic E-state index is 0.0259. The number of ether oxygens (including phenoxy) is 10. The van der Waals surface area contributed by atoms with Crippen LogP contribution in [-0.2, 0) is 79.8 Å². The van der Waals surface area contributed by atoms with Crippen molar-refractivity contribution in [3.05, 3.63) is 104 Å². The maximum absolute atomic E-state index is 15.0. The Hall–Kier alpha value is -5.77. The lowest BCUT2D eigenvalue weighted by atomic mass is 9.88. The van der Waals surface area contributed by atoms with E-state index in [0.29, 0.717) is 54.6 Å². The van der Waals surface area contributed by atoms with Crippen LogP contribution < -0.4 is 20.9 Å². The van der Waals surface area contributed by atoms with E-state index in [1.807, 2.05) is 52.2 Å². The van der Waals surface area contributed by atoms with Crippen LogP contribution in [0.15, 0.2) is 71.1 Å². The van der Waals surface area contributed by atoms with Gasteiger partial charge in [-0.05, 0) is 142 Å². The van der Waals surface area contributed by atoms with Crippen molar-refractivity contribution in [3.8, 4) is 11.5 Å². The van der Waals surface area contributed by atoms with Crippen LogP contribution in [0.25, 0.3) is 0 Å². The molecule has 3 aromatic rings. The van der Waals surface area contributed by atoms with Gasteiger partial charge in [-0.2, -0.15) is 0 Å². The maximum Gasteiger partial charge on any atom is 0.342 e. The molecule has 5 aliphatic heterocycles. The maximum atomic E-state index is 15.0. The van der Waals surface area contributed by atoms with Crippen molar-refractivity contribution >= 4 is 41.1 Å². The van der Waals surface area contributed by atoms with E-state index < -0.39 is 122 Å². The lowest BCUT2D eigenvalue weighted by Gasteiger charge is -2.47. The number of likely N-dealkylation sites (tertiary alicyclic amines) is 2. The highest BCUT2D eigenvalue weighted by molar-refractivity contribution is 6.39. The number of aliphatic hydroxyl groups excluding tert-OH is 5. The minimum atomic E-state index is -1.62. The lowest BCUT2D eigenvalue weighted by molar-refractivity contribution is -0.333. The van der Waals surface area contributed by atoms with Gasteiger partial charge in [0, 0.05) is 95.8 Å². The first kappa shape index (κ1) is 85.8. The van der Waals surface area contributed by atoms with Gasteiger partial charge >= 0.3 is 17.9 Å². The van der Waals surface area contributed by atoms with Crippen molar-refractivity contribution < 1.29 is 87.3 Å². The molecule has 28 nitrogen and oxygen atoms in total. The fourth-order valence-electron chi connectivity index (χ4n) is 13.7. The van der Waals surface area contributed by atoms with Gasteiger partial charge in [0.1, 0.15) is 46.7 Å². The highest BCUT2D eigenvalue weighted by atomic mass is 35.5. The number of carbonyl (C=O) groups is 3. The zero-order valence-electron chi connectivity index (χ0n) is 63.7. The number of cyclic esters (lactones) is 1. The Balaban J connectivity index is 0.964. The summed E-state index contributed by atoms with van der Waals surface area (Å²) in [5.41, 5.74) is 14.9. The van der Waals surface area contributed by atoms with Crippen molar-refractivity contribution in [1.82, 2.24) is 39.8 Å². The number of aliphatic hydroxyl groups is 5. The number of carbonyl (C=O) groups excluding carboxylic acids is 3. The van der Waals surface area contributed by atoms with Gasteiger partial charge in [0.2, 0.25) is 0 Å². The van der Waals surface area contributed by atoms with Crippen molar-refractivity contribution in [3.63, 3.8) is 0 Å². The molecule has 0 spiro atoms. The predicted molar refractivity (Wildman–Crippen MR) is 397 cm³/mol. The van der Waals surface area contributed by atoms with E-state index in [9.17, 15) is 39.9 Å². The largest absolute Gasteiger partial charge is 0.491 e. The summed E-state index contributed by atoms with van der Waals surface area (Å²) in [6.45, 7) is 25.2. The Bertz CT molecular complexity index is 3490. The van der Waals surface area contributed by atoms with Crippen molar-refractivity contribution in [2.75, 3.05) is 66.2 Å².